The van der Waals surface area contributed by atoms with Gasteiger partial charge in [0.2, 0.25) is 0 Å². The maximum Gasteiger partial charge on any atom is 0.315 e. The van der Waals surface area contributed by atoms with Crippen molar-refractivity contribution in [3.63, 3.8) is 0 Å². The highest BCUT2D eigenvalue weighted by Crippen LogP contribution is 2.29. The molecule has 0 bridgehead atoms. The zero-order chi connectivity index (χ0) is 10.8. The van der Waals surface area contributed by atoms with Crippen molar-refractivity contribution < 1.29 is 14.6 Å². The van der Waals surface area contributed by atoms with Crippen molar-refractivity contribution in [1.82, 2.24) is 10.6 Å². The lowest BCUT2D eigenvalue weighted by atomic mass is 10.1. The molecule has 1 heterocycles. The maximum absolute atomic E-state index is 10.9. The Labute approximate surface area is 87.1 Å². The van der Waals surface area contributed by atoms with E-state index in [4.69, 9.17) is 4.74 Å². The minimum atomic E-state index is -0.213. The van der Waals surface area contributed by atoms with E-state index >= 15 is 0 Å². The SMILES string of the molecule is COc1ccc([C@H]2CNC(=O)N2)c(O)c1. The van der Waals surface area contributed by atoms with Crippen molar-refractivity contribution in [3.8, 4) is 11.5 Å². The van der Waals surface area contributed by atoms with Crippen LogP contribution in [0.15, 0.2) is 18.2 Å². The van der Waals surface area contributed by atoms with Crippen molar-refractivity contribution >= 4 is 6.03 Å². The number of phenols is 1. The first kappa shape index (κ1) is 9.64. The van der Waals surface area contributed by atoms with E-state index < -0.39 is 0 Å². The van der Waals surface area contributed by atoms with E-state index in [2.05, 4.69) is 10.6 Å². The number of carbonyl (C=O) groups is 1. The van der Waals surface area contributed by atoms with Crippen molar-refractivity contribution in [1.29, 1.82) is 0 Å². The Hall–Kier alpha value is -1.91. The van der Waals surface area contributed by atoms with Crippen LogP contribution in [0, 0.1) is 0 Å². The molecule has 80 valence electrons. The summed E-state index contributed by atoms with van der Waals surface area (Å²) in [4.78, 5) is 10.9. The number of amides is 2. The Kier molecular flexibility index (Phi) is 2.37. The van der Waals surface area contributed by atoms with Gasteiger partial charge in [0.25, 0.3) is 0 Å². The summed E-state index contributed by atoms with van der Waals surface area (Å²) >= 11 is 0. The third-order valence-corrected chi connectivity index (χ3v) is 2.39. The molecule has 1 atom stereocenters. The Morgan fingerprint density at radius 3 is 2.87 bits per heavy atom. The molecule has 1 aliphatic heterocycles. The van der Waals surface area contributed by atoms with E-state index in [1.807, 2.05) is 0 Å². The number of rotatable bonds is 2. The number of methoxy groups -OCH3 is 1. The van der Waals surface area contributed by atoms with Crippen LogP contribution in [0.5, 0.6) is 11.5 Å². The van der Waals surface area contributed by atoms with Crippen LogP contribution in [-0.4, -0.2) is 24.8 Å². The molecule has 0 saturated carbocycles. The molecule has 1 aromatic rings. The van der Waals surface area contributed by atoms with Gasteiger partial charge in [0, 0.05) is 18.2 Å². The number of phenolic OH excluding ortho intramolecular Hbond substituents is 1. The van der Waals surface area contributed by atoms with Crippen LogP contribution in [0.3, 0.4) is 0 Å². The summed E-state index contributed by atoms with van der Waals surface area (Å²) in [6.45, 7) is 0.485. The number of urea groups is 1. The standard InChI is InChI=1S/C10H12N2O3/c1-15-6-2-3-7(9(13)4-6)8-5-11-10(14)12-8/h2-4,8,13H,5H2,1H3,(H2,11,12,14)/t8-/m1/s1. The lowest BCUT2D eigenvalue weighted by Gasteiger charge is -2.11. The highest BCUT2D eigenvalue weighted by Gasteiger charge is 2.23. The molecule has 2 amide bonds. The molecule has 1 fully saturated rings. The second kappa shape index (κ2) is 3.68. The zero-order valence-corrected chi connectivity index (χ0v) is 8.28. The van der Waals surface area contributed by atoms with Crippen molar-refractivity contribution in [2.45, 2.75) is 6.04 Å². The fraction of sp³-hybridized carbons (Fsp3) is 0.300. The van der Waals surface area contributed by atoms with Crippen LogP contribution < -0.4 is 15.4 Å². The van der Waals surface area contributed by atoms with Crippen molar-refractivity contribution in [2.75, 3.05) is 13.7 Å². The number of ether oxygens (including phenoxy) is 1. The number of benzene rings is 1. The van der Waals surface area contributed by atoms with E-state index in [1.54, 1.807) is 12.1 Å². The van der Waals surface area contributed by atoms with Crippen molar-refractivity contribution in [2.24, 2.45) is 0 Å². The van der Waals surface area contributed by atoms with Gasteiger partial charge >= 0.3 is 6.03 Å². The number of carbonyl (C=O) groups excluding carboxylic acids is 1. The Morgan fingerprint density at radius 2 is 2.33 bits per heavy atom. The third-order valence-electron chi connectivity index (χ3n) is 2.39. The monoisotopic (exact) mass is 208 g/mol. The molecule has 3 N–H and O–H groups in total. The first-order chi connectivity index (χ1) is 7.20. The van der Waals surface area contributed by atoms with Crippen LogP contribution in [-0.2, 0) is 0 Å². The number of aromatic hydroxyl groups is 1. The molecule has 0 aromatic heterocycles. The molecule has 5 nitrogen and oxygen atoms in total. The van der Waals surface area contributed by atoms with Gasteiger partial charge in [-0.05, 0) is 12.1 Å². The van der Waals surface area contributed by atoms with E-state index in [0.29, 0.717) is 17.9 Å². The first-order valence-electron chi connectivity index (χ1n) is 4.62. The predicted molar refractivity (Wildman–Crippen MR) is 53.9 cm³/mol. The fourth-order valence-electron chi connectivity index (χ4n) is 1.59. The minimum Gasteiger partial charge on any atom is -0.507 e. The molecule has 0 aliphatic carbocycles. The molecular formula is C10H12N2O3. The smallest absolute Gasteiger partial charge is 0.315 e. The maximum atomic E-state index is 10.9. The minimum absolute atomic E-state index is 0.128. The highest BCUT2D eigenvalue weighted by molar-refractivity contribution is 5.77. The average molecular weight is 208 g/mol. The molecule has 0 unspecified atom stereocenters. The van der Waals surface area contributed by atoms with Crippen LogP contribution >= 0.6 is 0 Å². The van der Waals surface area contributed by atoms with E-state index in [0.717, 1.165) is 0 Å². The zero-order valence-electron chi connectivity index (χ0n) is 8.28. The second-order valence-corrected chi connectivity index (χ2v) is 3.33. The highest BCUT2D eigenvalue weighted by atomic mass is 16.5. The fourth-order valence-corrected chi connectivity index (χ4v) is 1.59. The molecular weight excluding hydrogens is 196 g/mol. The molecule has 0 radical (unpaired) electrons. The largest absolute Gasteiger partial charge is 0.507 e. The average Bonchev–Trinajstić information content (AvgIpc) is 2.64. The number of nitrogens with one attached hydrogen (secondary N) is 2. The van der Waals surface area contributed by atoms with Gasteiger partial charge in [-0.1, -0.05) is 0 Å². The second-order valence-electron chi connectivity index (χ2n) is 3.33. The van der Waals surface area contributed by atoms with E-state index in [-0.39, 0.29) is 17.8 Å². The quantitative estimate of drug-likeness (QED) is 0.671. The van der Waals surface area contributed by atoms with Crippen molar-refractivity contribution in [3.05, 3.63) is 23.8 Å². The Balaban J connectivity index is 2.25. The number of hydrogen-bond acceptors (Lipinski definition) is 3. The van der Waals surface area contributed by atoms with Gasteiger partial charge in [0.05, 0.1) is 13.2 Å². The van der Waals surface area contributed by atoms with Crippen LogP contribution in [0.4, 0.5) is 4.79 Å². The molecule has 1 aromatic carbocycles. The Morgan fingerprint density at radius 1 is 1.53 bits per heavy atom. The lowest BCUT2D eigenvalue weighted by Crippen LogP contribution is -2.21. The summed E-state index contributed by atoms with van der Waals surface area (Å²) in [5.74, 6) is 0.719. The van der Waals surface area contributed by atoms with Crippen LogP contribution in [0.2, 0.25) is 0 Å². The van der Waals surface area contributed by atoms with E-state index in [9.17, 15) is 9.90 Å². The molecule has 15 heavy (non-hydrogen) atoms. The summed E-state index contributed by atoms with van der Waals surface area (Å²) < 4.78 is 4.97. The van der Waals surface area contributed by atoms with Gasteiger partial charge in [0.15, 0.2) is 0 Å². The summed E-state index contributed by atoms with van der Waals surface area (Å²) in [7, 11) is 1.54. The summed E-state index contributed by atoms with van der Waals surface area (Å²) in [6, 6.07) is 4.63. The molecule has 0 spiro atoms. The lowest BCUT2D eigenvalue weighted by molar-refractivity contribution is 0.247. The normalized spacial score (nSPS) is 19.5. The number of hydrogen-bond donors (Lipinski definition) is 3. The topological polar surface area (TPSA) is 70.6 Å². The van der Waals surface area contributed by atoms with Gasteiger partial charge < -0.3 is 20.5 Å². The molecule has 5 heteroatoms. The van der Waals surface area contributed by atoms with E-state index in [1.165, 1.54) is 13.2 Å². The van der Waals surface area contributed by atoms with Gasteiger partial charge in [-0.25, -0.2) is 4.79 Å². The predicted octanol–water partition coefficient (Wildman–Crippen LogP) is 0.755. The van der Waals surface area contributed by atoms with Gasteiger partial charge in [-0.15, -0.1) is 0 Å². The van der Waals surface area contributed by atoms with Gasteiger partial charge in [-0.3, -0.25) is 0 Å². The van der Waals surface area contributed by atoms with Gasteiger partial charge in [-0.2, -0.15) is 0 Å². The van der Waals surface area contributed by atoms with Crippen LogP contribution in [0.25, 0.3) is 0 Å². The first-order valence-corrected chi connectivity index (χ1v) is 4.62. The van der Waals surface area contributed by atoms with Crippen LogP contribution in [0.1, 0.15) is 11.6 Å². The summed E-state index contributed by atoms with van der Waals surface area (Å²) in [5, 5.41) is 15.0. The summed E-state index contributed by atoms with van der Waals surface area (Å²) in [5.41, 5.74) is 0.689. The third kappa shape index (κ3) is 1.81. The Bertz CT molecular complexity index is 392. The molecule has 2 rings (SSSR count). The summed E-state index contributed by atoms with van der Waals surface area (Å²) in [6.07, 6.45) is 0. The van der Waals surface area contributed by atoms with Gasteiger partial charge in [0.1, 0.15) is 11.5 Å². The molecule has 1 aliphatic rings. The molecule has 1 saturated heterocycles.